The molecular formula is C13H19N3O2S. The number of sulfone groups is 1. The van der Waals surface area contributed by atoms with Crippen molar-refractivity contribution in [1.29, 1.82) is 0 Å². The average molecular weight is 281 g/mol. The van der Waals surface area contributed by atoms with E-state index in [2.05, 4.69) is 15.6 Å². The lowest BCUT2D eigenvalue weighted by atomic mass is 10.2. The molecule has 1 unspecified atom stereocenters. The van der Waals surface area contributed by atoms with Crippen molar-refractivity contribution in [3.63, 3.8) is 0 Å². The Balaban J connectivity index is 1.85. The average Bonchev–Trinajstić information content (AvgIpc) is 2.75. The number of hydrogen-bond acceptors (Lipinski definition) is 3. The number of hydrogen-bond donors (Lipinski definition) is 2. The Morgan fingerprint density at radius 2 is 2.11 bits per heavy atom. The molecule has 0 spiro atoms. The molecule has 1 aromatic carbocycles. The zero-order valence-corrected chi connectivity index (χ0v) is 11.8. The monoisotopic (exact) mass is 281 g/mol. The number of rotatable bonds is 3. The van der Waals surface area contributed by atoms with Crippen LogP contribution in [0.5, 0.6) is 0 Å². The molecule has 1 fully saturated rings. The van der Waals surface area contributed by atoms with E-state index in [0.717, 1.165) is 5.56 Å². The van der Waals surface area contributed by atoms with E-state index in [0.29, 0.717) is 18.9 Å². The van der Waals surface area contributed by atoms with Gasteiger partial charge in [0.2, 0.25) is 0 Å². The second-order valence-electron chi connectivity index (χ2n) is 4.66. The third-order valence-electron chi connectivity index (χ3n) is 3.10. The smallest absolute Gasteiger partial charge is 0.191 e. The van der Waals surface area contributed by atoms with E-state index in [1.54, 1.807) is 7.05 Å². The fourth-order valence-electron chi connectivity index (χ4n) is 2.08. The van der Waals surface area contributed by atoms with Gasteiger partial charge in [-0.3, -0.25) is 4.99 Å². The van der Waals surface area contributed by atoms with E-state index < -0.39 is 9.84 Å². The molecule has 0 aliphatic carbocycles. The van der Waals surface area contributed by atoms with Gasteiger partial charge in [0.1, 0.15) is 0 Å². The first-order valence-electron chi connectivity index (χ1n) is 6.30. The third-order valence-corrected chi connectivity index (χ3v) is 4.87. The van der Waals surface area contributed by atoms with E-state index >= 15 is 0 Å². The molecule has 0 radical (unpaired) electrons. The quantitative estimate of drug-likeness (QED) is 0.626. The van der Waals surface area contributed by atoms with Gasteiger partial charge in [-0.1, -0.05) is 30.3 Å². The zero-order valence-electron chi connectivity index (χ0n) is 11.0. The Morgan fingerprint density at radius 1 is 1.37 bits per heavy atom. The van der Waals surface area contributed by atoms with Crippen LogP contribution in [-0.4, -0.2) is 39.0 Å². The minimum Gasteiger partial charge on any atom is -0.353 e. The molecule has 0 saturated carbocycles. The molecule has 0 amide bonds. The summed E-state index contributed by atoms with van der Waals surface area (Å²) in [5, 5.41) is 6.34. The summed E-state index contributed by atoms with van der Waals surface area (Å²) < 4.78 is 22.8. The topological polar surface area (TPSA) is 70.6 Å². The van der Waals surface area contributed by atoms with Crippen LogP contribution in [-0.2, 0) is 16.4 Å². The van der Waals surface area contributed by atoms with Crippen LogP contribution in [0.2, 0.25) is 0 Å². The standard InChI is InChI=1S/C13H19N3O2S/c1-14-13(15-9-11-5-3-2-4-6-11)16-12-7-8-19(17,18)10-12/h2-6,12H,7-10H2,1H3,(H2,14,15,16). The van der Waals surface area contributed by atoms with E-state index in [-0.39, 0.29) is 17.5 Å². The van der Waals surface area contributed by atoms with Crippen LogP contribution in [0.15, 0.2) is 35.3 Å². The molecule has 104 valence electrons. The molecule has 6 heteroatoms. The number of benzene rings is 1. The van der Waals surface area contributed by atoms with Crippen molar-refractivity contribution in [3.05, 3.63) is 35.9 Å². The minimum atomic E-state index is -2.86. The molecule has 0 aromatic heterocycles. The van der Waals surface area contributed by atoms with Crippen molar-refractivity contribution in [2.45, 2.75) is 19.0 Å². The Bertz CT molecular complexity index is 540. The molecule has 0 bridgehead atoms. The van der Waals surface area contributed by atoms with E-state index in [4.69, 9.17) is 0 Å². The van der Waals surface area contributed by atoms with Crippen LogP contribution < -0.4 is 10.6 Å². The molecule has 5 nitrogen and oxygen atoms in total. The summed E-state index contributed by atoms with van der Waals surface area (Å²) in [5.74, 6) is 1.10. The van der Waals surface area contributed by atoms with Gasteiger partial charge in [-0.2, -0.15) is 0 Å². The van der Waals surface area contributed by atoms with Gasteiger partial charge in [0.05, 0.1) is 11.5 Å². The van der Waals surface area contributed by atoms with Gasteiger partial charge in [0.25, 0.3) is 0 Å². The maximum Gasteiger partial charge on any atom is 0.191 e. The minimum absolute atomic E-state index is 0.0352. The third kappa shape index (κ3) is 4.24. The number of aliphatic imine (C=N–C) groups is 1. The number of guanidine groups is 1. The summed E-state index contributed by atoms with van der Waals surface area (Å²) >= 11 is 0. The summed E-state index contributed by atoms with van der Waals surface area (Å²) in [5.41, 5.74) is 1.16. The SMILES string of the molecule is CN=C(NCc1ccccc1)NC1CCS(=O)(=O)C1. The molecule has 1 heterocycles. The second-order valence-corrected chi connectivity index (χ2v) is 6.88. The molecular weight excluding hydrogens is 262 g/mol. The lowest BCUT2D eigenvalue weighted by Crippen LogP contribution is -2.43. The highest BCUT2D eigenvalue weighted by atomic mass is 32.2. The molecule has 2 rings (SSSR count). The summed E-state index contributed by atoms with van der Waals surface area (Å²) in [6, 6.07) is 9.96. The normalized spacial score (nSPS) is 22.2. The van der Waals surface area contributed by atoms with Gasteiger partial charge in [-0.05, 0) is 12.0 Å². The number of nitrogens with zero attached hydrogens (tertiary/aromatic N) is 1. The predicted octanol–water partition coefficient (Wildman–Crippen LogP) is 0.539. The first kappa shape index (κ1) is 13.9. The lowest BCUT2D eigenvalue weighted by molar-refractivity contribution is 0.599. The van der Waals surface area contributed by atoms with Crippen LogP contribution in [0.25, 0.3) is 0 Å². The van der Waals surface area contributed by atoms with Gasteiger partial charge in [-0.15, -0.1) is 0 Å². The molecule has 1 aromatic rings. The van der Waals surface area contributed by atoms with Crippen molar-refractivity contribution in [2.75, 3.05) is 18.6 Å². The Kier molecular flexibility index (Phi) is 4.42. The van der Waals surface area contributed by atoms with Crippen LogP contribution >= 0.6 is 0 Å². The van der Waals surface area contributed by atoms with Gasteiger partial charge >= 0.3 is 0 Å². The molecule has 19 heavy (non-hydrogen) atoms. The first-order chi connectivity index (χ1) is 9.09. The molecule has 1 atom stereocenters. The lowest BCUT2D eigenvalue weighted by Gasteiger charge is -2.16. The van der Waals surface area contributed by atoms with Crippen molar-refractivity contribution in [1.82, 2.24) is 10.6 Å². The molecule has 1 saturated heterocycles. The maximum absolute atomic E-state index is 11.4. The van der Waals surface area contributed by atoms with Crippen LogP contribution in [0, 0.1) is 0 Å². The Morgan fingerprint density at radius 3 is 2.68 bits per heavy atom. The van der Waals surface area contributed by atoms with Crippen LogP contribution in [0.4, 0.5) is 0 Å². The first-order valence-corrected chi connectivity index (χ1v) is 8.13. The van der Waals surface area contributed by atoms with E-state index in [9.17, 15) is 8.42 Å². The Labute approximate surface area is 114 Å². The summed E-state index contributed by atoms with van der Waals surface area (Å²) in [7, 11) is -1.18. The molecule has 1 aliphatic heterocycles. The highest BCUT2D eigenvalue weighted by Crippen LogP contribution is 2.10. The fraction of sp³-hybridized carbons (Fsp3) is 0.462. The van der Waals surface area contributed by atoms with Gasteiger partial charge in [-0.25, -0.2) is 8.42 Å². The highest BCUT2D eigenvalue weighted by molar-refractivity contribution is 7.91. The Hall–Kier alpha value is -1.56. The summed E-state index contributed by atoms with van der Waals surface area (Å²) in [6.45, 7) is 0.667. The fourth-order valence-corrected chi connectivity index (χ4v) is 3.75. The second kappa shape index (κ2) is 6.06. The predicted molar refractivity (Wildman–Crippen MR) is 76.8 cm³/mol. The van der Waals surface area contributed by atoms with Crippen molar-refractivity contribution < 1.29 is 8.42 Å². The largest absolute Gasteiger partial charge is 0.353 e. The molecule has 2 N–H and O–H groups in total. The summed E-state index contributed by atoms with van der Waals surface area (Å²) in [6.07, 6.45) is 0.647. The number of nitrogens with one attached hydrogen (secondary N) is 2. The van der Waals surface area contributed by atoms with E-state index in [1.807, 2.05) is 30.3 Å². The van der Waals surface area contributed by atoms with Crippen LogP contribution in [0.3, 0.4) is 0 Å². The van der Waals surface area contributed by atoms with Crippen molar-refractivity contribution >= 4 is 15.8 Å². The van der Waals surface area contributed by atoms with Crippen molar-refractivity contribution in [3.8, 4) is 0 Å². The van der Waals surface area contributed by atoms with Gasteiger partial charge < -0.3 is 10.6 Å². The van der Waals surface area contributed by atoms with Crippen molar-refractivity contribution in [2.24, 2.45) is 4.99 Å². The zero-order chi connectivity index (χ0) is 13.7. The van der Waals surface area contributed by atoms with Gasteiger partial charge in [0.15, 0.2) is 15.8 Å². The van der Waals surface area contributed by atoms with Gasteiger partial charge in [0, 0.05) is 19.6 Å². The maximum atomic E-state index is 11.4. The van der Waals surface area contributed by atoms with Crippen LogP contribution in [0.1, 0.15) is 12.0 Å². The molecule has 1 aliphatic rings. The van der Waals surface area contributed by atoms with E-state index in [1.165, 1.54) is 0 Å². The highest BCUT2D eigenvalue weighted by Gasteiger charge is 2.28. The summed E-state index contributed by atoms with van der Waals surface area (Å²) in [4.78, 5) is 4.11.